The molecule has 0 aliphatic carbocycles. The molecule has 0 aliphatic rings. The van der Waals surface area contributed by atoms with E-state index in [2.05, 4.69) is 0 Å². The molecule has 0 aromatic heterocycles. The molecule has 14 heavy (non-hydrogen) atoms. The van der Waals surface area contributed by atoms with Crippen molar-refractivity contribution in [2.75, 3.05) is 0 Å². The second-order valence-corrected chi connectivity index (χ2v) is 3.58. The number of amides is 1. The molecule has 1 atom stereocenters. The van der Waals surface area contributed by atoms with Gasteiger partial charge in [0, 0.05) is 6.42 Å². The highest BCUT2D eigenvalue weighted by molar-refractivity contribution is 5.82. The summed E-state index contributed by atoms with van der Waals surface area (Å²) in [7, 11) is 0. The number of hydrogen-bond acceptors (Lipinski definition) is 3. The second-order valence-electron chi connectivity index (χ2n) is 3.58. The highest BCUT2D eigenvalue weighted by Crippen LogP contribution is 2.11. The zero-order valence-corrected chi connectivity index (χ0v) is 8.73. The normalized spacial score (nSPS) is 12.6. The maximum absolute atomic E-state index is 11.1. The lowest BCUT2D eigenvalue weighted by Crippen LogP contribution is -2.43. The van der Waals surface area contributed by atoms with E-state index in [1.165, 1.54) is 0 Å². The van der Waals surface area contributed by atoms with Crippen molar-refractivity contribution in [1.82, 2.24) is 5.06 Å². The minimum absolute atomic E-state index is 0.0956. The predicted octanol–water partition coefficient (Wildman–Crippen LogP) is 1.11. The molecule has 5 nitrogen and oxygen atoms in total. The van der Waals surface area contributed by atoms with Crippen LogP contribution in [0.4, 0.5) is 0 Å². The fourth-order valence-corrected chi connectivity index (χ4v) is 1.09. The first-order chi connectivity index (χ1) is 6.40. The predicted molar refractivity (Wildman–Crippen MR) is 49.8 cm³/mol. The zero-order valence-electron chi connectivity index (χ0n) is 8.73. The first-order valence-electron chi connectivity index (χ1n) is 4.63. The van der Waals surface area contributed by atoms with Crippen LogP contribution < -0.4 is 0 Å². The van der Waals surface area contributed by atoms with Crippen molar-refractivity contribution in [3.05, 3.63) is 0 Å². The summed E-state index contributed by atoms with van der Waals surface area (Å²) in [6, 6.07) is -1.14. The molecule has 0 unspecified atom stereocenters. The molecular weight excluding hydrogens is 186 g/mol. The largest absolute Gasteiger partial charge is 0.480 e. The molecule has 0 bridgehead atoms. The average Bonchev–Trinajstić information content (AvgIpc) is 2.11. The Bertz CT molecular complexity index is 215. The fraction of sp³-hybridized carbons (Fsp3) is 0.778. The van der Waals surface area contributed by atoms with Gasteiger partial charge in [-0.05, 0) is 12.3 Å². The summed E-state index contributed by atoms with van der Waals surface area (Å²) in [5.41, 5.74) is 0. The zero-order chi connectivity index (χ0) is 11.3. The Morgan fingerprint density at radius 3 is 2.14 bits per heavy atom. The summed E-state index contributed by atoms with van der Waals surface area (Å²) < 4.78 is 0. The summed E-state index contributed by atoms with van der Waals surface area (Å²) in [5, 5.41) is 18.4. The van der Waals surface area contributed by atoms with Crippen LogP contribution in [0, 0.1) is 5.92 Å². The highest BCUT2D eigenvalue weighted by Gasteiger charge is 2.28. The van der Waals surface area contributed by atoms with Crippen LogP contribution in [-0.4, -0.2) is 33.3 Å². The number of rotatable bonds is 5. The van der Waals surface area contributed by atoms with Crippen molar-refractivity contribution < 1.29 is 19.9 Å². The minimum Gasteiger partial charge on any atom is -0.480 e. The molecule has 0 saturated heterocycles. The van der Waals surface area contributed by atoms with E-state index in [0.717, 1.165) is 0 Å². The standard InChI is InChI=1S/C9H17NO4/c1-4-8(11)10(14)7(9(12)13)5-6(2)3/h6-7,14H,4-5H2,1-3H3,(H,12,13)/t7-/m0/s1. The first-order valence-corrected chi connectivity index (χ1v) is 4.63. The van der Waals surface area contributed by atoms with Crippen LogP contribution in [0.1, 0.15) is 33.6 Å². The lowest BCUT2D eigenvalue weighted by atomic mass is 10.0. The van der Waals surface area contributed by atoms with Crippen LogP contribution in [0.3, 0.4) is 0 Å². The van der Waals surface area contributed by atoms with Gasteiger partial charge in [-0.2, -0.15) is 0 Å². The Labute approximate surface area is 83.3 Å². The maximum atomic E-state index is 11.1. The smallest absolute Gasteiger partial charge is 0.329 e. The molecule has 2 N–H and O–H groups in total. The Morgan fingerprint density at radius 1 is 1.36 bits per heavy atom. The molecule has 0 fully saturated rings. The van der Waals surface area contributed by atoms with E-state index in [1.807, 2.05) is 13.8 Å². The van der Waals surface area contributed by atoms with Crippen molar-refractivity contribution in [3.63, 3.8) is 0 Å². The molecular formula is C9H17NO4. The molecule has 0 saturated carbocycles. The summed E-state index contributed by atoms with van der Waals surface area (Å²) >= 11 is 0. The number of carbonyl (C=O) groups excluding carboxylic acids is 1. The minimum atomic E-state index is -1.18. The van der Waals surface area contributed by atoms with Crippen LogP contribution >= 0.6 is 0 Å². The first kappa shape index (κ1) is 12.9. The van der Waals surface area contributed by atoms with Crippen molar-refractivity contribution in [2.24, 2.45) is 5.92 Å². The van der Waals surface area contributed by atoms with Crippen molar-refractivity contribution in [3.8, 4) is 0 Å². The van der Waals surface area contributed by atoms with E-state index in [0.29, 0.717) is 5.06 Å². The van der Waals surface area contributed by atoms with Crippen molar-refractivity contribution >= 4 is 11.9 Å². The molecule has 1 amide bonds. The molecule has 0 radical (unpaired) electrons. The topological polar surface area (TPSA) is 77.8 Å². The van der Waals surface area contributed by atoms with Gasteiger partial charge in [0.05, 0.1) is 0 Å². The van der Waals surface area contributed by atoms with Gasteiger partial charge in [0.15, 0.2) is 6.04 Å². The van der Waals surface area contributed by atoms with E-state index >= 15 is 0 Å². The Hall–Kier alpha value is -1.10. The molecule has 82 valence electrons. The van der Waals surface area contributed by atoms with Gasteiger partial charge in [-0.15, -0.1) is 0 Å². The molecule has 5 heteroatoms. The third-order valence-electron chi connectivity index (χ3n) is 1.83. The third kappa shape index (κ3) is 3.74. The summed E-state index contributed by atoms with van der Waals surface area (Å²) in [6.45, 7) is 5.24. The van der Waals surface area contributed by atoms with Gasteiger partial charge in [0.25, 0.3) is 0 Å². The van der Waals surface area contributed by atoms with Gasteiger partial charge in [0.1, 0.15) is 0 Å². The van der Waals surface area contributed by atoms with Gasteiger partial charge in [-0.25, -0.2) is 9.86 Å². The van der Waals surface area contributed by atoms with Gasteiger partial charge < -0.3 is 5.11 Å². The summed E-state index contributed by atoms with van der Waals surface area (Å²) in [6.07, 6.45) is 0.343. The molecule has 0 aliphatic heterocycles. The van der Waals surface area contributed by atoms with Crippen LogP contribution in [0.15, 0.2) is 0 Å². The lowest BCUT2D eigenvalue weighted by molar-refractivity contribution is -0.187. The van der Waals surface area contributed by atoms with Crippen LogP contribution in [0.2, 0.25) is 0 Å². The summed E-state index contributed by atoms with van der Waals surface area (Å²) in [4.78, 5) is 21.8. The second kappa shape index (κ2) is 5.59. The van der Waals surface area contributed by atoms with Gasteiger partial charge >= 0.3 is 5.97 Å². The van der Waals surface area contributed by atoms with Crippen LogP contribution in [-0.2, 0) is 9.59 Å². The maximum Gasteiger partial charge on any atom is 0.329 e. The molecule has 0 heterocycles. The van der Waals surface area contributed by atoms with Gasteiger partial charge in [-0.1, -0.05) is 20.8 Å². The van der Waals surface area contributed by atoms with E-state index in [1.54, 1.807) is 6.92 Å². The number of nitrogens with zero attached hydrogens (tertiary/aromatic N) is 1. The van der Waals surface area contributed by atoms with E-state index < -0.39 is 17.9 Å². The Morgan fingerprint density at radius 2 is 1.86 bits per heavy atom. The number of hydroxylamine groups is 2. The molecule has 0 aromatic rings. The molecule has 0 spiro atoms. The number of aliphatic carboxylic acids is 1. The number of carbonyl (C=O) groups is 2. The van der Waals surface area contributed by atoms with E-state index in [9.17, 15) is 14.8 Å². The summed E-state index contributed by atoms with van der Waals surface area (Å²) in [5.74, 6) is -1.64. The monoisotopic (exact) mass is 203 g/mol. The number of carboxylic acids is 1. The van der Waals surface area contributed by atoms with E-state index in [4.69, 9.17) is 5.11 Å². The average molecular weight is 203 g/mol. The Kier molecular flexibility index (Phi) is 5.15. The quantitative estimate of drug-likeness (QED) is 0.518. The molecule has 0 aromatic carbocycles. The number of hydrogen-bond donors (Lipinski definition) is 2. The van der Waals surface area contributed by atoms with Crippen LogP contribution in [0.25, 0.3) is 0 Å². The fourth-order valence-electron chi connectivity index (χ4n) is 1.09. The van der Waals surface area contributed by atoms with Crippen LogP contribution in [0.5, 0.6) is 0 Å². The Balaban J connectivity index is 4.48. The van der Waals surface area contributed by atoms with Crippen molar-refractivity contribution in [2.45, 2.75) is 39.7 Å². The number of carboxylic acid groups (broad SMARTS) is 1. The van der Waals surface area contributed by atoms with E-state index in [-0.39, 0.29) is 18.8 Å². The van der Waals surface area contributed by atoms with Gasteiger partial charge in [0.2, 0.25) is 5.91 Å². The third-order valence-corrected chi connectivity index (χ3v) is 1.83. The lowest BCUT2D eigenvalue weighted by Gasteiger charge is -2.23. The highest BCUT2D eigenvalue weighted by atomic mass is 16.5. The SMILES string of the molecule is CCC(=O)N(O)[C@@H](CC(C)C)C(=O)O. The van der Waals surface area contributed by atoms with Gasteiger partial charge in [-0.3, -0.25) is 10.0 Å². The molecule has 0 rings (SSSR count). The van der Waals surface area contributed by atoms with Crippen molar-refractivity contribution in [1.29, 1.82) is 0 Å².